The van der Waals surface area contributed by atoms with Crippen LogP contribution in [0.15, 0.2) is 12.2 Å². The lowest BCUT2D eigenvalue weighted by atomic mass is 10.1. The van der Waals surface area contributed by atoms with E-state index in [-0.39, 0.29) is 12.7 Å². The molecule has 0 aliphatic rings. The van der Waals surface area contributed by atoms with Crippen LogP contribution in [0.25, 0.3) is 0 Å². The van der Waals surface area contributed by atoms with Crippen molar-refractivity contribution in [3.63, 3.8) is 0 Å². The molecule has 0 amide bonds. The lowest BCUT2D eigenvalue weighted by Crippen LogP contribution is -2.39. The molecular weight excluding hydrogens is 320 g/mol. The summed E-state index contributed by atoms with van der Waals surface area (Å²) in [7, 11) is -2.46. The van der Waals surface area contributed by atoms with E-state index in [1.807, 2.05) is 6.08 Å². The maximum atomic E-state index is 9.28. The van der Waals surface area contributed by atoms with Gasteiger partial charge in [-0.25, -0.2) is 0 Å². The highest BCUT2D eigenvalue weighted by Crippen LogP contribution is 2.12. The maximum absolute atomic E-state index is 9.28. The fourth-order valence-electron chi connectivity index (χ4n) is 2.25. The summed E-state index contributed by atoms with van der Waals surface area (Å²) in [5, 5.41) is 17.8. The molecule has 0 aliphatic carbocycles. The van der Waals surface area contributed by atoms with Gasteiger partial charge in [0.2, 0.25) is 0 Å². The minimum atomic E-state index is -1.23. The van der Waals surface area contributed by atoms with E-state index in [0.717, 1.165) is 6.42 Å². The van der Waals surface area contributed by atoms with E-state index in [9.17, 15) is 5.11 Å². The molecule has 0 fully saturated rings. The number of hydrogen-bond donors (Lipinski definition) is 2. The van der Waals surface area contributed by atoms with Crippen LogP contribution in [-0.4, -0.2) is 39.6 Å². The van der Waals surface area contributed by atoms with Gasteiger partial charge < -0.3 is 14.3 Å². The van der Waals surface area contributed by atoms with Crippen LogP contribution in [0.1, 0.15) is 51.9 Å². The lowest BCUT2D eigenvalue weighted by Gasteiger charge is -2.27. The predicted octanol–water partition coefficient (Wildman–Crippen LogP) is 5.32. The van der Waals surface area contributed by atoms with Gasteiger partial charge in [-0.15, -0.1) is 0 Å². The van der Waals surface area contributed by atoms with E-state index in [2.05, 4.69) is 52.3 Å². The Morgan fingerprint density at radius 3 is 1.87 bits per heavy atom. The molecule has 0 saturated carbocycles. The van der Waals surface area contributed by atoms with E-state index in [4.69, 9.17) is 9.22 Å². The molecule has 0 aromatic heterocycles. The second-order valence-corrected chi connectivity index (χ2v) is 17.3. The summed E-state index contributed by atoms with van der Waals surface area (Å²) in [6.45, 7) is 15.7. The Bertz CT molecular complexity index is 269. The maximum Gasteiger partial charge on any atom is 0.170 e. The molecule has 1 unspecified atom stereocenters. The standard InChI is InChI=1S/C12H24O2.C6H18OSi2/c1-2-3-4-5-6-7-8-9-12(14)10-11-13;1-8(2,3)7-9(4,5)6/h7-8,12-14H,2-6,9-11H2,1H3;1-6H3. The normalized spacial score (nSPS) is 13.8. The number of aliphatic hydroxyl groups is 2. The number of allylic oxidation sites excluding steroid dienone is 1. The van der Waals surface area contributed by atoms with Gasteiger partial charge in [0.05, 0.1) is 6.10 Å². The first-order valence-corrected chi connectivity index (χ1v) is 16.0. The molecule has 0 aliphatic heterocycles. The van der Waals surface area contributed by atoms with Gasteiger partial charge in [0.1, 0.15) is 0 Å². The third-order valence-electron chi connectivity index (χ3n) is 2.87. The Kier molecular flexibility index (Phi) is 15.8. The summed E-state index contributed by atoms with van der Waals surface area (Å²) in [6, 6.07) is 0. The number of hydrogen-bond acceptors (Lipinski definition) is 3. The van der Waals surface area contributed by atoms with Crippen molar-refractivity contribution >= 4 is 16.6 Å². The highest BCUT2D eigenvalue weighted by molar-refractivity contribution is 6.83. The zero-order valence-corrected chi connectivity index (χ0v) is 18.7. The zero-order chi connectivity index (χ0) is 18.4. The van der Waals surface area contributed by atoms with Crippen molar-refractivity contribution in [2.24, 2.45) is 0 Å². The summed E-state index contributed by atoms with van der Waals surface area (Å²) < 4.78 is 5.90. The Morgan fingerprint density at radius 1 is 0.913 bits per heavy atom. The second kappa shape index (κ2) is 14.4. The summed E-state index contributed by atoms with van der Waals surface area (Å²) in [4.78, 5) is 0. The van der Waals surface area contributed by atoms with Crippen molar-refractivity contribution in [1.82, 2.24) is 0 Å². The van der Waals surface area contributed by atoms with Crippen molar-refractivity contribution in [2.45, 2.75) is 97.3 Å². The SMILES string of the molecule is CCCCCCC=CCC(O)CCO.C[Si](C)(C)O[Si](C)(C)C. The zero-order valence-electron chi connectivity index (χ0n) is 16.7. The topological polar surface area (TPSA) is 49.7 Å². The first-order chi connectivity index (χ1) is 10.5. The summed E-state index contributed by atoms with van der Waals surface area (Å²) in [5.41, 5.74) is 0. The molecule has 2 N–H and O–H groups in total. The van der Waals surface area contributed by atoms with Gasteiger partial charge in [-0.05, 0) is 65.0 Å². The summed E-state index contributed by atoms with van der Waals surface area (Å²) in [6.07, 6.45) is 11.2. The van der Waals surface area contributed by atoms with E-state index < -0.39 is 16.6 Å². The molecule has 0 bridgehead atoms. The average Bonchev–Trinajstić information content (AvgIpc) is 2.34. The molecule has 0 spiro atoms. The number of rotatable bonds is 11. The Balaban J connectivity index is 0. The summed E-state index contributed by atoms with van der Waals surface area (Å²) >= 11 is 0. The van der Waals surface area contributed by atoms with Gasteiger partial charge in [-0.1, -0.05) is 38.3 Å². The Labute approximate surface area is 147 Å². The molecular formula is C18H42O3Si2. The van der Waals surface area contributed by atoms with Crippen molar-refractivity contribution in [1.29, 1.82) is 0 Å². The van der Waals surface area contributed by atoms with Crippen molar-refractivity contribution in [3.05, 3.63) is 12.2 Å². The van der Waals surface area contributed by atoms with Crippen LogP contribution in [0.4, 0.5) is 0 Å². The Morgan fingerprint density at radius 2 is 1.48 bits per heavy atom. The van der Waals surface area contributed by atoms with Crippen molar-refractivity contribution < 1.29 is 14.3 Å². The largest absolute Gasteiger partial charge is 0.456 e. The highest BCUT2D eigenvalue weighted by atomic mass is 28.4. The third-order valence-corrected chi connectivity index (χ3v) is 7.77. The molecule has 0 aromatic rings. The monoisotopic (exact) mass is 362 g/mol. The predicted molar refractivity (Wildman–Crippen MR) is 108 cm³/mol. The number of aliphatic hydroxyl groups excluding tert-OH is 2. The van der Waals surface area contributed by atoms with Gasteiger partial charge >= 0.3 is 0 Å². The first kappa shape index (κ1) is 25.3. The van der Waals surface area contributed by atoms with Crippen LogP contribution in [-0.2, 0) is 4.12 Å². The Hall–Kier alpha value is 0.0538. The molecule has 5 heteroatoms. The van der Waals surface area contributed by atoms with Gasteiger partial charge in [0.15, 0.2) is 16.6 Å². The molecule has 0 saturated heterocycles. The second-order valence-electron chi connectivity index (χ2n) is 8.05. The average molecular weight is 363 g/mol. The lowest BCUT2D eigenvalue weighted by molar-refractivity contribution is 0.135. The van der Waals surface area contributed by atoms with E-state index >= 15 is 0 Å². The minimum Gasteiger partial charge on any atom is -0.456 e. The third kappa shape index (κ3) is 27.2. The van der Waals surface area contributed by atoms with Crippen molar-refractivity contribution in [2.75, 3.05) is 6.61 Å². The molecule has 0 rings (SSSR count). The smallest absolute Gasteiger partial charge is 0.170 e. The van der Waals surface area contributed by atoms with Gasteiger partial charge in [-0.2, -0.15) is 0 Å². The highest BCUT2D eigenvalue weighted by Gasteiger charge is 2.24. The fourth-order valence-corrected chi connectivity index (χ4v) is 9.59. The molecule has 0 heterocycles. The van der Waals surface area contributed by atoms with Crippen molar-refractivity contribution in [3.8, 4) is 0 Å². The van der Waals surface area contributed by atoms with Gasteiger partial charge in [0.25, 0.3) is 0 Å². The fraction of sp³-hybridized carbons (Fsp3) is 0.889. The van der Waals surface area contributed by atoms with Gasteiger partial charge in [0, 0.05) is 6.61 Å². The molecule has 23 heavy (non-hydrogen) atoms. The van der Waals surface area contributed by atoms with Crippen LogP contribution >= 0.6 is 0 Å². The van der Waals surface area contributed by atoms with Crippen LogP contribution in [0.3, 0.4) is 0 Å². The minimum absolute atomic E-state index is 0.0749. The van der Waals surface area contributed by atoms with Crippen LogP contribution in [0.2, 0.25) is 39.3 Å². The first-order valence-electron chi connectivity index (χ1n) is 9.16. The van der Waals surface area contributed by atoms with E-state index in [1.54, 1.807) is 0 Å². The number of unbranched alkanes of at least 4 members (excludes halogenated alkanes) is 4. The van der Waals surface area contributed by atoms with E-state index in [1.165, 1.54) is 25.7 Å². The van der Waals surface area contributed by atoms with Crippen LogP contribution in [0.5, 0.6) is 0 Å². The quantitative estimate of drug-likeness (QED) is 0.297. The van der Waals surface area contributed by atoms with Gasteiger partial charge in [-0.3, -0.25) is 0 Å². The van der Waals surface area contributed by atoms with Crippen LogP contribution < -0.4 is 0 Å². The van der Waals surface area contributed by atoms with Crippen LogP contribution in [0, 0.1) is 0 Å². The molecule has 140 valence electrons. The van der Waals surface area contributed by atoms with E-state index in [0.29, 0.717) is 12.8 Å². The molecule has 3 nitrogen and oxygen atoms in total. The molecule has 0 aromatic carbocycles. The molecule has 0 radical (unpaired) electrons. The summed E-state index contributed by atoms with van der Waals surface area (Å²) in [5.74, 6) is 0. The molecule has 1 atom stereocenters.